The van der Waals surface area contributed by atoms with E-state index in [0.717, 1.165) is 24.8 Å². The van der Waals surface area contributed by atoms with Crippen LogP contribution in [-0.4, -0.2) is 51.2 Å². The molecule has 2 rings (SSSR count). The minimum absolute atomic E-state index is 0.102. The second-order valence-electron chi connectivity index (χ2n) is 6.88. The summed E-state index contributed by atoms with van der Waals surface area (Å²) in [6.45, 7) is 8.69. The predicted molar refractivity (Wildman–Crippen MR) is 95.9 cm³/mol. The molecule has 1 heterocycles. The Morgan fingerprint density at radius 3 is 2.54 bits per heavy atom. The SMILES string of the molecule is COc1ccc(C(=O)NCCCN2C[C@@H](C)C[C@H](C)C2)c(OC)c1. The first kappa shape index (κ1) is 18.6. The number of nitrogens with zero attached hydrogens (tertiary/aromatic N) is 1. The molecule has 1 aromatic carbocycles. The molecule has 0 radical (unpaired) electrons. The first-order valence-electron chi connectivity index (χ1n) is 8.76. The summed E-state index contributed by atoms with van der Waals surface area (Å²) in [6.07, 6.45) is 2.29. The van der Waals surface area contributed by atoms with E-state index in [1.807, 2.05) is 0 Å². The van der Waals surface area contributed by atoms with Crippen LogP contribution < -0.4 is 14.8 Å². The maximum Gasteiger partial charge on any atom is 0.255 e. The fourth-order valence-corrected chi connectivity index (χ4v) is 3.56. The Balaban J connectivity index is 1.79. The monoisotopic (exact) mass is 334 g/mol. The quantitative estimate of drug-likeness (QED) is 0.779. The van der Waals surface area contributed by atoms with E-state index in [1.165, 1.54) is 19.5 Å². The lowest BCUT2D eigenvalue weighted by atomic mass is 9.92. The second kappa shape index (κ2) is 8.92. The van der Waals surface area contributed by atoms with Crippen LogP contribution in [0.2, 0.25) is 0 Å². The van der Waals surface area contributed by atoms with Gasteiger partial charge in [-0.15, -0.1) is 0 Å². The van der Waals surface area contributed by atoms with Gasteiger partial charge in [0.05, 0.1) is 19.8 Å². The van der Waals surface area contributed by atoms with Crippen LogP contribution in [0.4, 0.5) is 0 Å². The standard InChI is InChI=1S/C19H30N2O3/c1-14-10-15(2)13-21(12-14)9-5-8-20-19(22)17-7-6-16(23-3)11-18(17)24-4/h6-7,11,14-15H,5,8-10,12-13H2,1-4H3,(H,20,22)/t14-,15-/m0/s1. The number of amides is 1. The Hall–Kier alpha value is -1.75. The van der Waals surface area contributed by atoms with E-state index in [1.54, 1.807) is 32.4 Å². The lowest BCUT2D eigenvalue weighted by Gasteiger charge is -2.34. The fourth-order valence-electron chi connectivity index (χ4n) is 3.56. The Labute approximate surface area is 145 Å². The number of hydrogen-bond donors (Lipinski definition) is 1. The van der Waals surface area contributed by atoms with Crippen LogP contribution in [-0.2, 0) is 0 Å². The maximum atomic E-state index is 12.3. The molecule has 5 nitrogen and oxygen atoms in total. The van der Waals surface area contributed by atoms with Gasteiger partial charge in [-0.3, -0.25) is 4.79 Å². The lowest BCUT2D eigenvalue weighted by Crippen LogP contribution is -2.40. The second-order valence-corrected chi connectivity index (χ2v) is 6.88. The van der Waals surface area contributed by atoms with Crippen molar-refractivity contribution in [1.82, 2.24) is 10.2 Å². The number of hydrogen-bond acceptors (Lipinski definition) is 4. The molecule has 0 aliphatic carbocycles. The molecule has 0 unspecified atom stereocenters. The molecule has 2 atom stereocenters. The van der Waals surface area contributed by atoms with Crippen LogP contribution >= 0.6 is 0 Å². The van der Waals surface area contributed by atoms with Gasteiger partial charge in [0, 0.05) is 25.7 Å². The Kier molecular flexibility index (Phi) is 6.91. The van der Waals surface area contributed by atoms with Gasteiger partial charge in [0.25, 0.3) is 5.91 Å². The first-order valence-corrected chi connectivity index (χ1v) is 8.76. The topological polar surface area (TPSA) is 50.8 Å². The van der Waals surface area contributed by atoms with Crippen molar-refractivity contribution in [3.05, 3.63) is 23.8 Å². The highest BCUT2D eigenvalue weighted by Gasteiger charge is 2.21. The first-order chi connectivity index (χ1) is 11.5. The van der Waals surface area contributed by atoms with Crippen LogP contribution in [0, 0.1) is 11.8 Å². The number of likely N-dealkylation sites (tertiary alicyclic amines) is 1. The summed E-state index contributed by atoms with van der Waals surface area (Å²) in [4.78, 5) is 14.8. The Morgan fingerprint density at radius 2 is 1.92 bits per heavy atom. The van der Waals surface area contributed by atoms with E-state index in [0.29, 0.717) is 23.6 Å². The summed E-state index contributed by atoms with van der Waals surface area (Å²) in [5.74, 6) is 2.65. The molecular formula is C19H30N2O3. The van der Waals surface area contributed by atoms with E-state index in [4.69, 9.17) is 9.47 Å². The van der Waals surface area contributed by atoms with Gasteiger partial charge < -0.3 is 19.7 Å². The highest BCUT2D eigenvalue weighted by Crippen LogP contribution is 2.24. The summed E-state index contributed by atoms with van der Waals surface area (Å²) in [6, 6.07) is 5.24. The van der Waals surface area contributed by atoms with E-state index in [9.17, 15) is 4.79 Å². The van der Waals surface area contributed by atoms with Crippen molar-refractivity contribution in [2.24, 2.45) is 11.8 Å². The lowest BCUT2D eigenvalue weighted by molar-refractivity contribution is 0.0944. The van der Waals surface area contributed by atoms with E-state index < -0.39 is 0 Å². The number of rotatable bonds is 7. The number of carbonyl (C=O) groups excluding carboxylic acids is 1. The Morgan fingerprint density at radius 1 is 1.21 bits per heavy atom. The number of piperidine rings is 1. The molecule has 1 fully saturated rings. The van der Waals surface area contributed by atoms with Crippen molar-refractivity contribution in [2.45, 2.75) is 26.7 Å². The van der Waals surface area contributed by atoms with Crippen molar-refractivity contribution < 1.29 is 14.3 Å². The third kappa shape index (κ3) is 5.13. The number of ether oxygens (including phenoxy) is 2. The summed E-state index contributed by atoms with van der Waals surface area (Å²) in [5, 5.41) is 2.99. The average molecular weight is 334 g/mol. The smallest absolute Gasteiger partial charge is 0.255 e. The minimum Gasteiger partial charge on any atom is -0.497 e. The molecule has 1 aliphatic rings. The van der Waals surface area contributed by atoms with Gasteiger partial charge in [0.15, 0.2) is 0 Å². The van der Waals surface area contributed by atoms with Crippen molar-refractivity contribution in [1.29, 1.82) is 0 Å². The zero-order valence-corrected chi connectivity index (χ0v) is 15.3. The molecule has 1 aliphatic heterocycles. The molecular weight excluding hydrogens is 304 g/mol. The van der Waals surface area contributed by atoms with Crippen molar-refractivity contribution >= 4 is 5.91 Å². The minimum atomic E-state index is -0.102. The molecule has 0 aromatic heterocycles. The normalized spacial score (nSPS) is 21.3. The van der Waals surface area contributed by atoms with Gasteiger partial charge in [-0.25, -0.2) is 0 Å². The summed E-state index contributed by atoms with van der Waals surface area (Å²) in [7, 11) is 3.15. The zero-order chi connectivity index (χ0) is 17.5. The molecule has 1 N–H and O–H groups in total. The average Bonchev–Trinajstić information content (AvgIpc) is 2.57. The third-order valence-corrected chi connectivity index (χ3v) is 4.53. The van der Waals surface area contributed by atoms with Gasteiger partial charge in [-0.05, 0) is 43.4 Å². The summed E-state index contributed by atoms with van der Waals surface area (Å²) < 4.78 is 10.4. The predicted octanol–water partition coefficient (Wildman–Crippen LogP) is 2.80. The number of methoxy groups -OCH3 is 2. The third-order valence-electron chi connectivity index (χ3n) is 4.53. The van der Waals surface area contributed by atoms with Crippen LogP contribution in [0.5, 0.6) is 11.5 Å². The molecule has 134 valence electrons. The van der Waals surface area contributed by atoms with Gasteiger partial charge in [-0.1, -0.05) is 13.8 Å². The summed E-state index contributed by atoms with van der Waals surface area (Å²) in [5.41, 5.74) is 0.540. The van der Waals surface area contributed by atoms with Crippen molar-refractivity contribution in [2.75, 3.05) is 40.4 Å². The molecule has 1 amide bonds. The Bertz CT molecular complexity index is 537. The van der Waals surface area contributed by atoms with Crippen LogP contribution in [0.1, 0.15) is 37.0 Å². The highest BCUT2D eigenvalue weighted by molar-refractivity contribution is 5.97. The van der Waals surface area contributed by atoms with Crippen molar-refractivity contribution in [3.8, 4) is 11.5 Å². The molecule has 1 aromatic rings. The molecule has 0 saturated carbocycles. The van der Waals surface area contributed by atoms with Crippen LogP contribution in [0.3, 0.4) is 0 Å². The largest absolute Gasteiger partial charge is 0.497 e. The number of nitrogens with one attached hydrogen (secondary N) is 1. The maximum absolute atomic E-state index is 12.3. The van der Waals surface area contributed by atoms with Crippen LogP contribution in [0.15, 0.2) is 18.2 Å². The zero-order valence-electron chi connectivity index (χ0n) is 15.3. The van der Waals surface area contributed by atoms with E-state index in [-0.39, 0.29) is 5.91 Å². The number of carbonyl (C=O) groups is 1. The van der Waals surface area contributed by atoms with Gasteiger partial charge in [0.1, 0.15) is 11.5 Å². The molecule has 24 heavy (non-hydrogen) atoms. The molecule has 0 bridgehead atoms. The highest BCUT2D eigenvalue weighted by atomic mass is 16.5. The number of benzene rings is 1. The fraction of sp³-hybridized carbons (Fsp3) is 0.632. The van der Waals surface area contributed by atoms with Gasteiger partial charge >= 0.3 is 0 Å². The van der Waals surface area contributed by atoms with Crippen LogP contribution in [0.25, 0.3) is 0 Å². The summed E-state index contributed by atoms with van der Waals surface area (Å²) >= 11 is 0. The van der Waals surface area contributed by atoms with E-state index in [2.05, 4.69) is 24.1 Å². The van der Waals surface area contributed by atoms with Gasteiger partial charge in [-0.2, -0.15) is 0 Å². The van der Waals surface area contributed by atoms with Crippen molar-refractivity contribution in [3.63, 3.8) is 0 Å². The molecule has 1 saturated heterocycles. The molecule has 0 spiro atoms. The van der Waals surface area contributed by atoms with Gasteiger partial charge in [0.2, 0.25) is 0 Å². The van der Waals surface area contributed by atoms with E-state index >= 15 is 0 Å². The molecule has 5 heteroatoms.